The summed E-state index contributed by atoms with van der Waals surface area (Å²) in [5, 5.41) is 20.1. The van der Waals surface area contributed by atoms with Crippen LogP contribution in [-0.4, -0.2) is 118 Å². The van der Waals surface area contributed by atoms with Crippen LogP contribution in [0.2, 0.25) is 0 Å². The maximum absolute atomic E-state index is 12.7. The topological polar surface area (TPSA) is 110 Å². The Balaban J connectivity index is 1.44. The number of piperazine rings is 2. The zero-order valence-electron chi connectivity index (χ0n) is 19.1. The number of hydrogen-bond acceptors (Lipinski definition) is 6. The summed E-state index contributed by atoms with van der Waals surface area (Å²) in [7, 11) is 3.85. The third-order valence-electron chi connectivity index (χ3n) is 6.78. The molecule has 0 spiro atoms. The highest BCUT2D eigenvalue weighted by molar-refractivity contribution is 5.96. The number of carbonyl (C=O) groups is 3. The zero-order valence-corrected chi connectivity index (χ0v) is 19.1. The van der Waals surface area contributed by atoms with Gasteiger partial charge in [-0.05, 0) is 19.2 Å². The quantitative estimate of drug-likeness (QED) is 0.641. The molecule has 10 heteroatoms. The summed E-state index contributed by atoms with van der Waals surface area (Å²) in [6, 6.07) is 3.94. The van der Waals surface area contributed by atoms with Crippen LogP contribution in [0.5, 0.6) is 0 Å². The number of carboxylic acids is 2. The normalized spacial score (nSPS) is 19.6. The van der Waals surface area contributed by atoms with E-state index in [4.69, 9.17) is 0 Å². The lowest BCUT2D eigenvalue weighted by atomic mass is 10.0. The van der Waals surface area contributed by atoms with E-state index in [-0.39, 0.29) is 11.5 Å². The minimum absolute atomic E-state index is 0.134. The molecule has 4 rings (SSSR count). The summed E-state index contributed by atoms with van der Waals surface area (Å²) >= 11 is 0. The Labute approximate surface area is 192 Å². The lowest BCUT2D eigenvalue weighted by Crippen LogP contribution is -2.54. The number of aromatic carboxylic acids is 1. The number of fused-ring (bicyclic) bond motifs is 1. The van der Waals surface area contributed by atoms with E-state index in [1.54, 1.807) is 29.9 Å². The molecule has 33 heavy (non-hydrogen) atoms. The van der Waals surface area contributed by atoms with Crippen molar-refractivity contribution >= 4 is 28.7 Å². The number of nitrogens with zero attached hydrogens (tertiary/aromatic N) is 5. The standard InChI is InChI=1S/C23H31N5O5/c1-24-5-9-27(10-6-24)20(29)15-26-7-11-28(12-8-26)21(23(32)33)18-14-25(2)19-13-16(22(30)31)3-4-17(18)19/h3-4,13-14,21H,5-12,15H2,1-2H3,(H,30,31)(H,32,33)/t21-/m1/s1. The summed E-state index contributed by atoms with van der Waals surface area (Å²) in [5.74, 6) is -1.82. The summed E-state index contributed by atoms with van der Waals surface area (Å²) < 4.78 is 1.78. The van der Waals surface area contributed by atoms with E-state index in [0.29, 0.717) is 43.8 Å². The Kier molecular flexibility index (Phi) is 6.68. The van der Waals surface area contributed by atoms with E-state index < -0.39 is 18.0 Å². The molecular weight excluding hydrogens is 426 g/mol. The summed E-state index contributed by atoms with van der Waals surface area (Å²) in [5.41, 5.74) is 1.51. The first-order valence-corrected chi connectivity index (χ1v) is 11.2. The highest BCUT2D eigenvalue weighted by Gasteiger charge is 2.33. The molecule has 2 aliphatic heterocycles. The second-order valence-corrected chi connectivity index (χ2v) is 8.97. The number of aromatic nitrogens is 1. The molecule has 2 fully saturated rings. The number of carbonyl (C=O) groups excluding carboxylic acids is 1. The molecule has 0 bridgehead atoms. The van der Waals surface area contributed by atoms with Gasteiger partial charge in [0.05, 0.1) is 12.1 Å². The van der Waals surface area contributed by atoms with Gasteiger partial charge < -0.3 is 24.6 Å². The molecular formula is C23H31N5O5. The third kappa shape index (κ3) is 4.87. The molecule has 1 amide bonds. The minimum Gasteiger partial charge on any atom is -0.480 e. The number of aryl methyl sites for hydroxylation is 1. The highest BCUT2D eigenvalue weighted by Crippen LogP contribution is 2.31. The average molecular weight is 458 g/mol. The van der Waals surface area contributed by atoms with Crippen molar-refractivity contribution in [2.24, 2.45) is 7.05 Å². The van der Waals surface area contributed by atoms with Crippen molar-refractivity contribution in [3.8, 4) is 0 Å². The zero-order chi connectivity index (χ0) is 23.7. The van der Waals surface area contributed by atoms with Gasteiger partial charge in [0, 0.05) is 82.1 Å². The van der Waals surface area contributed by atoms with Gasteiger partial charge in [0.15, 0.2) is 0 Å². The molecule has 0 saturated carbocycles. The monoisotopic (exact) mass is 457 g/mol. The van der Waals surface area contributed by atoms with Crippen molar-refractivity contribution in [1.82, 2.24) is 24.2 Å². The molecule has 0 aliphatic carbocycles. The van der Waals surface area contributed by atoms with Gasteiger partial charge in [-0.2, -0.15) is 0 Å². The van der Waals surface area contributed by atoms with Gasteiger partial charge >= 0.3 is 11.9 Å². The van der Waals surface area contributed by atoms with E-state index in [1.807, 2.05) is 9.80 Å². The Hall–Kier alpha value is -2.95. The van der Waals surface area contributed by atoms with Crippen molar-refractivity contribution in [3.05, 3.63) is 35.5 Å². The second-order valence-electron chi connectivity index (χ2n) is 8.97. The van der Waals surface area contributed by atoms with Gasteiger partial charge in [-0.25, -0.2) is 4.79 Å². The van der Waals surface area contributed by atoms with Crippen LogP contribution in [0.15, 0.2) is 24.4 Å². The van der Waals surface area contributed by atoms with Gasteiger partial charge in [0.1, 0.15) is 6.04 Å². The fraction of sp³-hybridized carbons (Fsp3) is 0.522. The van der Waals surface area contributed by atoms with Crippen LogP contribution in [0, 0.1) is 0 Å². The van der Waals surface area contributed by atoms with Gasteiger partial charge in [-0.3, -0.25) is 19.4 Å². The van der Waals surface area contributed by atoms with Crippen molar-refractivity contribution in [2.45, 2.75) is 6.04 Å². The summed E-state index contributed by atoms with van der Waals surface area (Å²) in [4.78, 5) is 44.4. The van der Waals surface area contributed by atoms with E-state index in [9.17, 15) is 24.6 Å². The number of likely N-dealkylation sites (N-methyl/N-ethyl adjacent to an activating group) is 1. The first kappa shape index (κ1) is 23.2. The lowest BCUT2D eigenvalue weighted by Gasteiger charge is -2.39. The van der Waals surface area contributed by atoms with Crippen molar-refractivity contribution in [1.29, 1.82) is 0 Å². The molecule has 1 aromatic carbocycles. The summed E-state index contributed by atoms with van der Waals surface area (Å²) in [6.07, 6.45) is 1.78. The molecule has 2 aliphatic rings. The second kappa shape index (κ2) is 9.50. The average Bonchev–Trinajstić information content (AvgIpc) is 3.10. The van der Waals surface area contributed by atoms with Gasteiger partial charge in [0.2, 0.25) is 5.91 Å². The van der Waals surface area contributed by atoms with E-state index in [0.717, 1.165) is 31.6 Å². The van der Waals surface area contributed by atoms with Crippen LogP contribution in [0.25, 0.3) is 10.9 Å². The van der Waals surface area contributed by atoms with Crippen LogP contribution in [-0.2, 0) is 16.6 Å². The molecule has 2 N–H and O–H groups in total. The smallest absolute Gasteiger partial charge is 0.335 e. The number of amides is 1. The van der Waals surface area contributed by atoms with Crippen LogP contribution in [0.4, 0.5) is 0 Å². The van der Waals surface area contributed by atoms with E-state index in [2.05, 4.69) is 16.8 Å². The van der Waals surface area contributed by atoms with E-state index in [1.165, 1.54) is 6.07 Å². The summed E-state index contributed by atoms with van der Waals surface area (Å²) in [6.45, 7) is 5.96. The highest BCUT2D eigenvalue weighted by atomic mass is 16.4. The van der Waals surface area contributed by atoms with Gasteiger partial charge in [0.25, 0.3) is 0 Å². The van der Waals surface area contributed by atoms with Gasteiger partial charge in [-0.1, -0.05) is 6.07 Å². The minimum atomic E-state index is -1.02. The molecule has 1 aromatic heterocycles. The maximum atomic E-state index is 12.7. The SMILES string of the molecule is CN1CCN(C(=O)CN2CCN([C@@H](C(=O)O)c3cn(C)c4cc(C(=O)O)ccc34)CC2)CC1. The number of carboxylic acid groups (broad SMARTS) is 2. The fourth-order valence-electron chi connectivity index (χ4n) is 4.78. The largest absolute Gasteiger partial charge is 0.480 e. The number of hydrogen-bond donors (Lipinski definition) is 2. The molecule has 178 valence electrons. The number of aliphatic carboxylic acids is 1. The van der Waals surface area contributed by atoms with Crippen LogP contribution in [0.3, 0.4) is 0 Å². The lowest BCUT2D eigenvalue weighted by molar-refractivity contribution is -0.145. The van der Waals surface area contributed by atoms with Crippen molar-refractivity contribution < 1.29 is 24.6 Å². The molecule has 0 radical (unpaired) electrons. The van der Waals surface area contributed by atoms with E-state index >= 15 is 0 Å². The Morgan fingerprint density at radius 3 is 2.21 bits per heavy atom. The Morgan fingerprint density at radius 2 is 1.61 bits per heavy atom. The molecule has 1 atom stereocenters. The maximum Gasteiger partial charge on any atom is 0.335 e. The Morgan fingerprint density at radius 1 is 0.939 bits per heavy atom. The van der Waals surface area contributed by atoms with Crippen LogP contribution in [0.1, 0.15) is 22.0 Å². The molecule has 3 heterocycles. The first-order chi connectivity index (χ1) is 15.7. The predicted octanol–water partition coefficient (Wildman–Crippen LogP) is 0.394. The molecule has 0 unspecified atom stereocenters. The number of rotatable bonds is 6. The van der Waals surface area contributed by atoms with Crippen LogP contribution >= 0.6 is 0 Å². The fourth-order valence-corrected chi connectivity index (χ4v) is 4.78. The Bertz CT molecular complexity index is 1050. The number of benzene rings is 1. The molecule has 10 nitrogen and oxygen atoms in total. The first-order valence-electron chi connectivity index (χ1n) is 11.2. The third-order valence-corrected chi connectivity index (χ3v) is 6.78. The van der Waals surface area contributed by atoms with Crippen molar-refractivity contribution in [3.63, 3.8) is 0 Å². The molecule has 2 aromatic rings. The van der Waals surface area contributed by atoms with Gasteiger partial charge in [-0.15, -0.1) is 0 Å². The predicted molar refractivity (Wildman–Crippen MR) is 122 cm³/mol. The van der Waals surface area contributed by atoms with Crippen molar-refractivity contribution in [2.75, 3.05) is 66.0 Å². The van der Waals surface area contributed by atoms with Crippen LogP contribution < -0.4 is 0 Å². The molecule has 2 saturated heterocycles.